The first-order chi connectivity index (χ1) is 13.0. The first kappa shape index (κ1) is 20.0. The summed E-state index contributed by atoms with van der Waals surface area (Å²) in [6.45, 7) is 7.34. The van der Waals surface area contributed by atoms with Crippen LogP contribution >= 0.6 is 11.9 Å². The van der Waals surface area contributed by atoms with Crippen molar-refractivity contribution in [2.75, 3.05) is 10.6 Å². The Kier molecular flexibility index (Phi) is 7.02. The molecule has 1 saturated carbocycles. The van der Waals surface area contributed by atoms with Crippen LogP contribution in [0.4, 0.5) is 11.4 Å². The van der Waals surface area contributed by atoms with Gasteiger partial charge in [0, 0.05) is 35.4 Å². The summed E-state index contributed by atoms with van der Waals surface area (Å²) in [7, 11) is 0. The van der Waals surface area contributed by atoms with Crippen LogP contribution < -0.4 is 15.4 Å². The summed E-state index contributed by atoms with van der Waals surface area (Å²) in [5, 5.41) is 7.41. The molecule has 5 heteroatoms. The van der Waals surface area contributed by atoms with Gasteiger partial charge in [-0.25, -0.2) is 0 Å². The highest BCUT2D eigenvalue weighted by molar-refractivity contribution is 7.97. The molecule has 1 aromatic heterocycles. The van der Waals surface area contributed by atoms with Crippen LogP contribution in [-0.2, 0) is 6.54 Å². The third-order valence-corrected chi connectivity index (χ3v) is 5.87. The Morgan fingerprint density at radius 1 is 1.00 bits per heavy atom. The van der Waals surface area contributed by atoms with Gasteiger partial charge in [-0.2, -0.15) is 0 Å². The van der Waals surface area contributed by atoms with Crippen LogP contribution in [0.25, 0.3) is 0 Å². The van der Waals surface area contributed by atoms with Crippen molar-refractivity contribution in [1.82, 2.24) is 9.71 Å². The molecule has 0 radical (unpaired) electrons. The normalized spacial score (nSPS) is 15.5. The number of hydrogen-bond acceptors (Lipinski definition) is 5. The minimum absolute atomic E-state index is 0.0777. The van der Waals surface area contributed by atoms with E-state index in [2.05, 4.69) is 71.4 Å². The van der Waals surface area contributed by atoms with E-state index in [1.54, 1.807) is 11.9 Å². The lowest BCUT2D eigenvalue weighted by atomic mass is 9.95. The van der Waals surface area contributed by atoms with Gasteiger partial charge in [0.25, 0.3) is 0 Å². The minimum atomic E-state index is 0.0777. The maximum atomic E-state index is 4.10. The second kappa shape index (κ2) is 9.47. The van der Waals surface area contributed by atoms with Crippen molar-refractivity contribution in [3.05, 3.63) is 48.3 Å². The summed E-state index contributed by atoms with van der Waals surface area (Å²) >= 11 is 1.69. The smallest absolute Gasteiger partial charge is 0.0590 e. The van der Waals surface area contributed by atoms with E-state index in [4.69, 9.17) is 0 Å². The molecule has 0 saturated heterocycles. The zero-order valence-electron chi connectivity index (χ0n) is 16.7. The van der Waals surface area contributed by atoms with Gasteiger partial charge in [-0.3, -0.25) is 9.71 Å². The van der Waals surface area contributed by atoms with E-state index in [1.165, 1.54) is 48.3 Å². The number of pyridine rings is 1. The Hall–Kier alpha value is -1.72. The fraction of sp³-hybridized carbons (Fsp3) is 0.500. The van der Waals surface area contributed by atoms with E-state index in [0.29, 0.717) is 6.04 Å². The fourth-order valence-electron chi connectivity index (χ4n) is 3.24. The van der Waals surface area contributed by atoms with Crippen molar-refractivity contribution < 1.29 is 0 Å². The zero-order valence-corrected chi connectivity index (χ0v) is 17.5. The molecule has 27 heavy (non-hydrogen) atoms. The molecule has 0 atom stereocenters. The molecule has 1 aliphatic rings. The van der Waals surface area contributed by atoms with Crippen molar-refractivity contribution in [3.63, 3.8) is 0 Å². The number of rotatable bonds is 7. The van der Waals surface area contributed by atoms with Gasteiger partial charge >= 0.3 is 0 Å². The Bertz CT molecular complexity index is 706. The van der Waals surface area contributed by atoms with E-state index in [-0.39, 0.29) is 5.54 Å². The molecule has 0 aliphatic heterocycles. The minimum Gasteiger partial charge on any atom is -0.381 e. The van der Waals surface area contributed by atoms with Gasteiger partial charge in [-0.1, -0.05) is 19.3 Å². The lowest BCUT2D eigenvalue weighted by Crippen LogP contribution is -2.29. The Labute approximate surface area is 168 Å². The van der Waals surface area contributed by atoms with E-state index >= 15 is 0 Å². The standard InChI is InChI=1S/C22H32N4S/c1-22(2,3)26-27-19-9-10-20(25-18-7-5-4-6-8-18)21(15-19)24-16-17-11-13-23-14-12-17/h9-15,18,24-26H,4-8,16H2,1-3H3. The molecule has 146 valence electrons. The molecule has 3 rings (SSSR count). The maximum absolute atomic E-state index is 4.10. The van der Waals surface area contributed by atoms with Gasteiger partial charge in [0.1, 0.15) is 0 Å². The predicted octanol–water partition coefficient (Wildman–Crippen LogP) is 5.83. The average Bonchev–Trinajstić information content (AvgIpc) is 2.67. The number of nitrogens with one attached hydrogen (secondary N) is 3. The summed E-state index contributed by atoms with van der Waals surface area (Å²) in [5.74, 6) is 0. The molecule has 1 aromatic carbocycles. The molecule has 1 aliphatic carbocycles. The van der Waals surface area contributed by atoms with E-state index in [9.17, 15) is 0 Å². The number of hydrogen-bond donors (Lipinski definition) is 3. The number of nitrogens with zero attached hydrogens (tertiary/aromatic N) is 1. The van der Waals surface area contributed by atoms with Crippen molar-refractivity contribution in [2.24, 2.45) is 0 Å². The summed E-state index contributed by atoms with van der Waals surface area (Å²) in [5.41, 5.74) is 3.68. The number of benzene rings is 1. The topological polar surface area (TPSA) is 49.0 Å². The van der Waals surface area contributed by atoms with Gasteiger partial charge in [-0.15, -0.1) is 0 Å². The quantitative estimate of drug-likeness (QED) is 0.524. The third-order valence-electron chi connectivity index (χ3n) is 4.66. The first-order valence-corrected chi connectivity index (χ1v) is 10.8. The molecule has 0 unspecified atom stereocenters. The molecule has 0 spiro atoms. The Morgan fingerprint density at radius 2 is 1.74 bits per heavy atom. The zero-order chi connectivity index (χ0) is 19.1. The lowest BCUT2D eigenvalue weighted by Gasteiger charge is -2.26. The van der Waals surface area contributed by atoms with Crippen LogP contribution in [0.2, 0.25) is 0 Å². The highest BCUT2D eigenvalue weighted by atomic mass is 32.2. The maximum Gasteiger partial charge on any atom is 0.0590 e. The van der Waals surface area contributed by atoms with Crippen LogP contribution in [0.5, 0.6) is 0 Å². The molecule has 3 N–H and O–H groups in total. The molecular weight excluding hydrogens is 352 g/mol. The van der Waals surface area contributed by atoms with Gasteiger partial charge in [0.05, 0.1) is 11.4 Å². The van der Waals surface area contributed by atoms with Gasteiger partial charge in [0.15, 0.2) is 0 Å². The van der Waals surface area contributed by atoms with Gasteiger partial charge < -0.3 is 10.6 Å². The molecule has 4 nitrogen and oxygen atoms in total. The highest BCUT2D eigenvalue weighted by Crippen LogP contribution is 2.31. The largest absolute Gasteiger partial charge is 0.381 e. The van der Waals surface area contributed by atoms with Gasteiger partial charge in [0.2, 0.25) is 0 Å². The number of aromatic nitrogens is 1. The summed E-state index contributed by atoms with van der Waals surface area (Å²) in [6, 6.07) is 11.4. The van der Waals surface area contributed by atoms with Crippen LogP contribution in [0, 0.1) is 0 Å². The van der Waals surface area contributed by atoms with Crippen molar-refractivity contribution >= 4 is 23.3 Å². The SMILES string of the molecule is CC(C)(C)NSc1ccc(NC2CCCCC2)c(NCc2ccncc2)c1. The highest BCUT2D eigenvalue weighted by Gasteiger charge is 2.16. The van der Waals surface area contributed by atoms with Crippen LogP contribution in [-0.4, -0.2) is 16.6 Å². The lowest BCUT2D eigenvalue weighted by molar-refractivity contribution is 0.463. The van der Waals surface area contributed by atoms with Crippen LogP contribution in [0.3, 0.4) is 0 Å². The van der Waals surface area contributed by atoms with E-state index in [0.717, 1.165) is 12.2 Å². The number of anilines is 2. The first-order valence-electron chi connectivity index (χ1n) is 9.97. The third kappa shape index (κ3) is 6.74. The molecule has 1 fully saturated rings. The van der Waals surface area contributed by atoms with E-state index < -0.39 is 0 Å². The predicted molar refractivity (Wildman–Crippen MR) is 117 cm³/mol. The van der Waals surface area contributed by atoms with Crippen LogP contribution in [0.15, 0.2) is 47.6 Å². The Morgan fingerprint density at radius 3 is 2.44 bits per heavy atom. The molecule has 2 aromatic rings. The fourth-order valence-corrected chi connectivity index (χ4v) is 3.97. The Balaban J connectivity index is 1.73. The van der Waals surface area contributed by atoms with Crippen LogP contribution in [0.1, 0.15) is 58.4 Å². The molecule has 0 bridgehead atoms. The van der Waals surface area contributed by atoms with Crippen molar-refractivity contribution in [2.45, 2.75) is 75.9 Å². The summed E-state index contributed by atoms with van der Waals surface area (Å²) in [4.78, 5) is 5.32. The summed E-state index contributed by atoms with van der Waals surface area (Å²) < 4.78 is 3.50. The molecule has 0 amide bonds. The second-order valence-electron chi connectivity index (χ2n) is 8.35. The van der Waals surface area contributed by atoms with E-state index in [1.807, 2.05) is 12.4 Å². The van der Waals surface area contributed by atoms with Gasteiger partial charge in [-0.05, 0) is 81.5 Å². The summed E-state index contributed by atoms with van der Waals surface area (Å²) in [6.07, 6.45) is 10.3. The average molecular weight is 385 g/mol. The second-order valence-corrected chi connectivity index (χ2v) is 9.23. The molecule has 1 heterocycles. The monoisotopic (exact) mass is 384 g/mol. The molecular formula is C22H32N4S. The van der Waals surface area contributed by atoms with Crippen molar-refractivity contribution in [1.29, 1.82) is 0 Å². The van der Waals surface area contributed by atoms with Crippen molar-refractivity contribution in [3.8, 4) is 0 Å².